The lowest BCUT2D eigenvalue weighted by molar-refractivity contribution is 0.266. The van der Waals surface area contributed by atoms with Gasteiger partial charge in [0.2, 0.25) is 0 Å². The number of benzene rings is 1. The zero-order valence-electron chi connectivity index (χ0n) is 9.68. The van der Waals surface area contributed by atoms with Crippen LogP contribution in [0.15, 0.2) is 18.2 Å². The fraction of sp³-hybridized carbons (Fsp3) is 0.500. The predicted molar refractivity (Wildman–Crippen MR) is 71.3 cm³/mol. The van der Waals surface area contributed by atoms with E-state index in [1.54, 1.807) is 0 Å². The van der Waals surface area contributed by atoms with Crippen LogP contribution in [0.5, 0.6) is 0 Å². The molecule has 0 amide bonds. The first-order valence-corrected chi connectivity index (χ1v) is 6.76. The SMILES string of the molecule is N#CC1(Cc2ccc(Cl)c(Cl)c2)CCCCC1. The standard InChI is InChI=1S/C14H15Cl2N/c15-12-5-4-11(8-13(12)16)9-14(10-17)6-2-1-3-7-14/h4-5,8H,1-3,6-7,9H2. The smallest absolute Gasteiger partial charge is 0.0693 e. The fourth-order valence-electron chi connectivity index (χ4n) is 2.60. The minimum Gasteiger partial charge on any atom is -0.198 e. The van der Waals surface area contributed by atoms with E-state index in [0.717, 1.165) is 37.7 Å². The van der Waals surface area contributed by atoms with Crippen LogP contribution in [-0.2, 0) is 6.42 Å². The molecule has 1 aliphatic carbocycles. The molecular formula is C14H15Cl2N. The number of halogens is 2. The first-order chi connectivity index (χ1) is 8.15. The highest BCUT2D eigenvalue weighted by atomic mass is 35.5. The van der Waals surface area contributed by atoms with Gasteiger partial charge in [-0.25, -0.2) is 0 Å². The second-order valence-corrected chi connectivity index (χ2v) is 5.69. The molecule has 1 aromatic carbocycles. The van der Waals surface area contributed by atoms with Crippen LogP contribution in [-0.4, -0.2) is 0 Å². The molecule has 1 aromatic rings. The third-order valence-electron chi connectivity index (χ3n) is 3.57. The highest BCUT2D eigenvalue weighted by Gasteiger charge is 2.32. The lowest BCUT2D eigenvalue weighted by Crippen LogP contribution is -2.24. The zero-order valence-corrected chi connectivity index (χ0v) is 11.2. The molecule has 90 valence electrons. The molecule has 3 heteroatoms. The molecule has 0 heterocycles. The molecule has 0 atom stereocenters. The van der Waals surface area contributed by atoms with Gasteiger partial charge in [0.05, 0.1) is 21.5 Å². The Morgan fingerprint density at radius 3 is 2.41 bits per heavy atom. The van der Waals surface area contributed by atoms with Crippen molar-refractivity contribution in [3.63, 3.8) is 0 Å². The van der Waals surface area contributed by atoms with Gasteiger partial charge in [0.15, 0.2) is 0 Å². The predicted octanol–water partition coefficient (Wildman–Crippen LogP) is 5.01. The Balaban J connectivity index is 2.18. The average Bonchev–Trinajstić information content (AvgIpc) is 2.35. The van der Waals surface area contributed by atoms with Crippen molar-refractivity contribution >= 4 is 23.2 Å². The van der Waals surface area contributed by atoms with Gasteiger partial charge in [0.25, 0.3) is 0 Å². The number of nitriles is 1. The van der Waals surface area contributed by atoms with E-state index < -0.39 is 0 Å². The van der Waals surface area contributed by atoms with Crippen molar-refractivity contribution in [1.29, 1.82) is 5.26 Å². The van der Waals surface area contributed by atoms with Gasteiger partial charge in [0, 0.05) is 0 Å². The second-order valence-electron chi connectivity index (χ2n) is 4.88. The average molecular weight is 268 g/mol. The van der Waals surface area contributed by atoms with Crippen LogP contribution in [0.25, 0.3) is 0 Å². The van der Waals surface area contributed by atoms with Crippen LogP contribution < -0.4 is 0 Å². The van der Waals surface area contributed by atoms with Gasteiger partial charge in [-0.3, -0.25) is 0 Å². The molecule has 1 aliphatic rings. The highest BCUT2D eigenvalue weighted by molar-refractivity contribution is 6.42. The Morgan fingerprint density at radius 2 is 1.82 bits per heavy atom. The van der Waals surface area contributed by atoms with E-state index >= 15 is 0 Å². The lowest BCUT2D eigenvalue weighted by Gasteiger charge is -2.30. The summed E-state index contributed by atoms with van der Waals surface area (Å²) in [6.45, 7) is 0. The summed E-state index contributed by atoms with van der Waals surface area (Å²) in [6.07, 6.45) is 6.38. The summed E-state index contributed by atoms with van der Waals surface area (Å²) in [5.41, 5.74) is 0.929. The maximum Gasteiger partial charge on any atom is 0.0693 e. The van der Waals surface area contributed by atoms with Gasteiger partial charge in [-0.1, -0.05) is 48.5 Å². The number of nitrogens with zero attached hydrogens (tertiary/aromatic N) is 1. The summed E-state index contributed by atoms with van der Waals surface area (Å²) in [5, 5.41) is 10.6. The number of rotatable bonds is 2. The van der Waals surface area contributed by atoms with E-state index in [9.17, 15) is 5.26 Å². The summed E-state index contributed by atoms with van der Waals surface area (Å²) in [7, 11) is 0. The summed E-state index contributed by atoms with van der Waals surface area (Å²) in [5.74, 6) is 0. The fourth-order valence-corrected chi connectivity index (χ4v) is 2.92. The Kier molecular flexibility index (Phi) is 3.97. The summed E-state index contributed by atoms with van der Waals surface area (Å²) in [6, 6.07) is 8.20. The maximum atomic E-state index is 9.42. The number of hydrogen-bond donors (Lipinski definition) is 0. The van der Waals surface area contributed by atoms with Crippen LogP contribution in [0, 0.1) is 16.7 Å². The molecular weight excluding hydrogens is 253 g/mol. The Morgan fingerprint density at radius 1 is 1.12 bits per heavy atom. The Bertz CT molecular complexity index is 442. The molecule has 1 fully saturated rings. The second kappa shape index (κ2) is 5.29. The van der Waals surface area contributed by atoms with E-state index in [-0.39, 0.29) is 5.41 Å². The minimum atomic E-state index is -0.185. The van der Waals surface area contributed by atoms with Gasteiger partial charge in [-0.2, -0.15) is 5.26 Å². The third kappa shape index (κ3) is 2.94. The summed E-state index contributed by atoms with van der Waals surface area (Å²) in [4.78, 5) is 0. The van der Waals surface area contributed by atoms with E-state index in [4.69, 9.17) is 23.2 Å². The normalized spacial score (nSPS) is 18.6. The Labute approximate surface area is 112 Å². The molecule has 0 N–H and O–H groups in total. The van der Waals surface area contributed by atoms with E-state index in [0.29, 0.717) is 10.0 Å². The third-order valence-corrected chi connectivity index (χ3v) is 4.31. The van der Waals surface area contributed by atoms with Crippen LogP contribution in [0.2, 0.25) is 10.0 Å². The molecule has 0 aromatic heterocycles. The first-order valence-electron chi connectivity index (χ1n) is 6.00. The molecule has 1 nitrogen and oxygen atoms in total. The quantitative estimate of drug-likeness (QED) is 0.739. The molecule has 0 unspecified atom stereocenters. The summed E-state index contributed by atoms with van der Waals surface area (Å²) < 4.78 is 0. The molecule has 2 rings (SSSR count). The molecule has 17 heavy (non-hydrogen) atoms. The van der Waals surface area contributed by atoms with Crippen molar-refractivity contribution in [3.05, 3.63) is 33.8 Å². The minimum absolute atomic E-state index is 0.185. The molecule has 1 saturated carbocycles. The van der Waals surface area contributed by atoms with Crippen molar-refractivity contribution in [2.45, 2.75) is 38.5 Å². The first kappa shape index (κ1) is 12.7. The molecule has 0 bridgehead atoms. The van der Waals surface area contributed by atoms with E-state index in [1.165, 1.54) is 6.42 Å². The van der Waals surface area contributed by atoms with Crippen molar-refractivity contribution in [1.82, 2.24) is 0 Å². The van der Waals surface area contributed by atoms with Gasteiger partial charge < -0.3 is 0 Å². The molecule has 0 spiro atoms. The monoisotopic (exact) mass is 267 g/mol. The van der Waals surface area contributed by atoms with Crippen molar-refractivity contribution < 1.29 is 0 Å². The Hall–Kier alpha value is -0.710. The van der Waals surface area contributed by atoms with Crippen molar-refractivity contribution in [2.24, 2.45) is 5.41 Å². The van der Waals surface area contributed by atoms with Crippen LogP contribution in [0.4, 0.5) is 0 Å². The molecule has 0 aliphatic heterocycles. The van der Waals surface area contributed by atoms with Crippen molar-refractivity contribution in [3.8, 4) is 6.07 Å². The maximum absolute atomic E-state index is 9.42. The molecule has 0 saturated heterocycles. The summed E-state index contributed by atoms with van der Waals surface area (Å²) >= 11 is 11.9. The van der Waals surface area contributed by atoms with Gasteiger partial charge in [-0.15, -0.1) is 0 Å². The van der Waals surface area contributed by atoms with Crippen LogP contribution in [0.3, 0.4) is 0 Å². The van der Waals surface area contributed by atoms with Crippen molar-refractivity contribution in [2.75, 3.05) is 0 Å². The number of hydrogen-bond acceptors (Lipinski definition) is 1. The van der Waals surface area contributed by atoms with Crippen LogP contribution in [0.1, 0.15) is 37.7 Å². The van der Waals surface area contributed by atoms with Gasteiger partial charge in [0.1, 0.15) is 0 Å². The highest BCUT2D eigenvalue weighted by Crippen LogP contribution is 2.39. The van der Waals surface area contributed by atoms with Crippen LogP contribution >= 0.6 is 23.2 Å². The van der Waals surface area contributed by atoms with Gasteiger partial charge >= 0.3 is 0 Å². The largest absolute Gasteiger partial charge is 0.198 e. The topological polar surface area (TPSA) is 23.8 Å². The van der Waals surface area contributed by atoms with E-state index in [1.807, 2.05) is 18.2 Å². The lowest BCUT2D eigenvalue weighted by atomic mass is 9.71. The zero-order chi connectivity index (χ0) is 12.3. The molecule has 0 radical (unpaired) electrons. The van der Waals surface area contributed by atoms with E-state index in [2.05, 4.69) is 6.07 Å². The van der Waals surface area contributed by atoms with Gasteiger partial charge in [-0.05, 0) is 37.0 Å².